The summed E-state index contributed by atoms with van der Waals surface area (Å²) >= 11 is 0. The molecule has 0 aliphatic carbocycles. The number of benzene rings is 2. The Balaban J connectivity index is 2.01. The van der Waals surface area contributed by atoms with E-state index in [1.165, 1.54) is 29.2 Å². The van der Waals surface area contributed by atoms with E-state index in [-0.39, 0.29) is 17.8 Å². The van der Waals surface area contributed by atoms with Gasteiger partial charge in [-0.2, -0.15) is 0 Å². The minimum Gasteiger partial charge on any atom is -0.452 e. The Hall–Kier alpha value is -3.49. The topological polar surface area (TPSA) is 102 Å². The number of nitrogens with two attached hydrogens (primary N) is 1. The van der Waals surface area contributed by atoms with Gasteiger partial charge in [-0.1, -0.05) is 0 Å². The van der Waals surface area contributed by atoms with Crippen LogP contribution in [0.3, 0.4) is 0 Å². The van der Waals surface area contributed by atoms with Crippen LogP contribution in [0.25, 0.3) is 0 Å². The normalized spacial score (nSPS) is 11.0. The molecule has 2 rings (SSSR count). The van der Waals surface area contributed by atoms with E-state index in [4.69, 9.17) is 10.5 Å². The number of nitrogens with one attached hydrogen (secondary N) is 1. The predicted octanol–water partition coefficient (Wildman–Crippen LogP) is 2.97. The van der Waals surface area contributed by atoms with Gasteiger partial charge in [0.1, 0.15) is 18.2 Å². The third-order valence-corrected chi connectivity index (χ3v) is 4.10. The van der Waals surface area contributed by atoms with Crippen LogP contribution in [0.4, 0.5) is 20.2 Å². The van der Waals surface area contributed by atoms with Crippen LogP contribution in [-0.2, 0) is 14.3 Å². The summed E-state index contributed by atoms with van der Waals surface area (Å²) < 4.78 is 31.1. The summed E-state index contributed by atoms with van der Waals surface area (Å²) in [5, 5.41) is 2.57. The second-order valence-corrected chi connectivity index (χ2v) is 7.51. The number of amides is 2. The molecule has 30 heavy (non-hydrogen) atoms. The van der Waals surface area contributed by atoms with Crippen molar-refractivity contribution < 1.29 is 27.9 Å². The lowest BCUT2D eigenvalue weighted by molar-refractivity contribution is -0.142. The van der Waals surface area contributed by atoms with Crippen LogP contribution in [0, 0.1) is 11.6 Å². The summed E-state index contributed by atoms with van der Waals surface area (Å²) in [4.78, 5) is 38.3. The Bertz CT molecular complexity index is 940. The molecule has 7 nitrogen and oxygen atoms in total. The highest BCUT2D eigenvalue weighted by Gasteiger charge is 2.29. The fraction of sp³-hybridized carbons (Fsp3) is 0.286. The van der Waals surface area contributed by atoms with Crippen LogP contribution in [-0.4, -0.2) is 41.4 Å². The molecule has 0 atom stereocenters. The van der Waals surface area contributed by atoms with Gasteiger partial charge in [-0.25, -0.2) is 13.6 Å². The average molecular weight is 419 g/mol. The molecule has 2 aromatic carbocycles. The number of carbonyl (C=O) groups is 3. The maximum atomic E-state index is 13.1. The van der Waals surface area contributed by atoms with Gasteiger partial charge in [0.05, 0.1) is 5.56 Å². The van der Waals surface area contributed by atoms with E-state index in [0.717, 1.165) is 18.2 Å². The van der Waals surface area contributed by atoms with E-state index in [2.05, 4.69) is 5.32 Å². The molecular formula is C21H23F2N3O4. The van der Waals surface area contributed by atoms with Crippen LogP contribution in [0.5, 0.6) is 0 Å². The molecule has 0 heterocycles. The molecule has 0 radical (unpaired) electrons. The highest BCUT2D eigenvalue weighted by Crippen LogP contribution is 2.17. The van der Waals surface area contributed by atoms with Crippen molar-refractivity contribution in [1.29, 1.82) is 0 Å². The van der Waals surface area contributed by atoms with Crippen molar-refractivity contribution in [3.63, 3.8) is 0 Å². The standard InChI is InChI=1S/C21H23F2N3O4/c1-21(2,3)26(11-18(27)25-15-7-4-13(22)5-8-15)19(28)12-30-20(29)16-9-6-14(23)10-17(16)24/h4-10H,11-12,24H2,1-3H3,(H,25,27). The molecule has 2 amide bonds. The predicted molar refractivity (Wildman–Crippen MR) is 108 cm³/mol. The van der Waals surface area contributed by atoms with Crippen molar-refractivity contribution in [2.45, 2.75) is 26.3 Å². The molecule has 0 bridgehead atoms. The lowest BCUT2D eigenvalue weighted by Crippen LogP contribution is -2.50. The van der Waals surface area contributed by atoms with E-state index < -0.39 is 41.6 Å². The first-order chi connectivity index (χ1) is 14.0. The maximum absolute atomic E-state index is 13.1. The van der Waals surface area contributed by atoms with Crippen LogP contribution in [0.1, 0.15) is 31.1 Å². The van der Waals surface area contributed by atoms with Gasteiger partial charge in [-0.15, -0.1) is 0 Å². The first-order valence-electron chi connectivity index (χ1n) is 9.05. The number of halogens is 2. The molecule has 0 saturated carbocycles. The van der Waals surface area contributed by atoms with Crippen molar-refractivity contribution in [2.75, 3.05) is 24.2 Å². The maximum Gasteiger partial charge on any atom is 0.340 e. The largest absolute Gasteiger partial charge is 0.452 e. The zero-order valence-electron chi connectivity index (χ0n) is 16.9. The van der Waals surface area contributed by atoms with Crippen molar-refractivity contribution in [3.05, 3.63) is 59.7 Å². The van der Waals surface area contributed by atoms with Gasteiger partial charge in [0, 0.05) is 16.9 Å². The molecule has 0 spiro atoms. The Kier molecular flexibility index (Phi) is 7.10. The van der Waals surface area contributed by atoms with Crippen LogP contribution in [0.2, 0.25) is 0 Å². The Morgan fingerprint density at radius 1 is 1.03 bits per heavy atom. The van der Waals surface area contributed by atoms with Gasteiger partial charge in [0.15, 0.2) is 6.61 Å². The van der Waals surface area contributed by atoms with Gasteiger partial charge >= 0.3 is 5.97 Å². The van der Waals surface area contributed by atoms with Crippen molar-refractivity contribution in [3.8, 4) is 0 Å². The Labute approximate surface area is 172 Å². The molecule has 0 aliphatic rings. The number of hydrogen-bond donors (Lipinski definition) is 2. The van der Waals surface area contributed by atoms with Gasteiger partial charge < -0.3 is 20.7 Å². The molecule has 0 aliphatic heterocycles. The number of ether oxygens (including phenoxy) is 1. The van der Waals surface area contributed by atoms with Crippen molar-refractivity contribution >= 4 is 29.2 Å². The smallest absolute Gasteiger partial charge is 0.340 e. The lowest BCUT2D eigenvalue weighted by Gasteiger charge is -2.35. The highest BCUT2D eigenvalue weighted by molar-refractivity contribution is 5.97. The first-order valence-corrected chi connectivity index (χ1v) is 9.05. The zero-order valence-corrected chi connectivity index (χ0v) is 16.9. The lowest BCUT2D eigenvalue weighted by atomic mass is 10.1. The van der Waals surface area contributed by atoms with Gasteiger partial charge in [0.25, 0.3) is 5.91 Å². The zero-order chi connectivity index (χ0) is 22.5. The number of hydrogen-bond acceptors (Lipinski definition) is 5. The van der Waals surface area contributed by atoms with E-state index in [1.807, 2.05) is 0 Å². The van der Waals surface area contributed by atoms with Crippen molar-refractivity contribution in [1.82, 2.24) is 4.90 Å². The molecule has 0 saturated heterocycles. The molecule has 0 fully saturated rings. The molecule has 9 heteroatoms. The second kappa shape index (κ2) is 9.34. The van der Waals surface area contributed by atoms with E-state index in [0.29, 0.717) is 5.69 Å². The molecular weight excluding hydrogens is 396 g/mol. The Morgan fingerprint density at radius 3 is 2.20 bits per heavy atom. The van der Waals surface area contributed by atoms with Crippen LogP contribution >= 0.6 is 0 Å². The Morgan fingerprint density at radius 2 is 1.63 bits per heavy atom. The number of carbonyl (C=O) groups excluding carboxylic acids is 3. The molecule has 2 aromatic rings. The summed E-state index contributed by atoms with van der Waals surface area (Å²) in [6.07, 6.45) is 0. The van der Waals surface area contributed by atoms with Gasteiger partial charge in [0.2, 0.25) is 5.91 Å². The molecule has 3 N–H and O–H groups in total. The SMILES string of the molecule is CC(C)(C)N(CC(=O)Nc1ccc(F)cc1)C(=O)COC(=O)c1ccc(F)cc1N. The fourth-order valence-corrected chi connectivity index (χ4v) is 2.58. The molecule has 0 aromatic heterocycles. The summed E-state index contributed by atoms with van der Waals surface area (Å²) in [5.74, 6) is -3.04. The minimum absolute atomic E-state index is 0.0689. The van der Waals surface area contributed by atoms with E-state index in [1.54, 1.807) is 20.8 Å². The minimum atomic E-state index is -0.884. The van der Waals surface area contributed by atoms with Gasteiger partial charge in [-0.05, 0) is 63.2 Å². The third kappa shape index (κ3) is 6.26. The average Bonchev–Trinajstić information content (AvgIpc) is 2.65. The number of nitrogens with zero attached hydrogens (tertiary/aromatic N) is 1. The second-order valence-electron chi connectivity index (χ2n) is 7.51. The monoisotopic (exact) mass is 419 g/mol. The summed E-state index contributed by atoms with van der Waals surface area (Å²) in [7, 11) is 0. The van der Waals surface area contributed by atoms with Crippen LogP contribution in [0.15, 0.2) is 42.5 Å². The van der Waals surface area contributed by atoms with E-state index in [9.17, 15) is 23.2 Å². The molecule has 160 valence electrons. The number of nitrogen functional groups attached to an aromatic ring is 1. The first kappa shape index (κ1) is 22.8. The van der Waals surface area contributed by atoms with Gasteiger partial charge in [-0.3, -0.25) is 9.59 Å². The number of anilines is 2. The fourth-order valence-electron chi connectivity index (χ4n) is 2.58. The number of esters is 1. The quantitative estimate of drug-likeness (QED) is 0.554. The van der Waals surface area contributed by atoms with Crippen molar-refractivity contribution in [2.24, 2.45) is 0 Å². The summed E-state index contributed by atoms with van der Waals surface area (Å²) in [6.45, 7) is 4.22. The summed E-state index contributed by atoms with van der Waals surface area (Å²) in [6, 6.07) is 8.37. The van der Waals surface area contributed by atoms with E-state index >= 15 is 0 Å². The summed E-state index contributed by atoms with van der Waals surface area (Å²) in [5.41, 5.74) is 5.04. The third-order valence-electron chi connectivity index (χ3n) is 4.10. The molecule has 0 unspecified atom stereocenters. The number of rotatable bonds is 6. The van der Waals surface area contributed by atoms with Crippen LogP contribution < -0.4 is 11.1 Å². The highest BCUT2D eigenvalue weighted by atomic mass is 19.1.